The molecule has 2 aromatic rings. The molecule has 0 aliphatic carbocycles. The average Bonchev–Trinajstić information content (AvgIpc) is 2.52. The van der Waals surface area contributed by atoms with Gasteiger partial charge in [0.1, 0.15) is 23.0 Å². The lowest BCUT2D eigenvalue weighted by atomic mass is 10.1. The molecule has 126 valence electrons. The van der Waals surface area contributed by atoms with Crippen LogP contribution in [0.1, 0.15) is 21.5 Å². The van der Waals surface area contributed by atoms with Crippen LogP contribution < -0.4 is 4.74 Å². The summed E-state index contributed by atoms with van der Waals surface area (Å²) in [5, 5.41) is 29.1. The number of methoxy groups -OCH3 is 1. The largest absolute Gasteiger partial charge is 0.508 e. The molecule has 3 N–H and O–H groups in total. The molecule has 0 atom stereocenters. The second-order valence-electron chi connectivity index (χ2n) is 5.09. The van der Waals surface area contributed by atoms with Gasteiger partial charge in [-0.1, -0.05) is 6.07 Å². The van der Waals surface area contributed by atoms with Gasteiger partial charge in [-0.05, 0) is 24.6 Å². The summed E-state index contributed by atoms with van der Waals surface area (Å²) >= 11 is 0. The summed E-state index contributed by atoms with van der Waals surface area (Å²) < 4.78 is 9.68. The first-order valence-corrected chi connectivity index (χ1v) is 6.95. The minimum atomic E-state index is -0.818. The monoisotopic (exact) mass is 332 g/mol. The van der Waals surface area contributed by atoms with Crippen molar-refractivity contribution in [2.45, 2.75) is 13.3 Å². The Morgan fingerprint density at radius 1 is 1.04 bits per heavy atom. The summed E-state index contributed by atoms with van der Waals surface area (Å²) in [5.74, 6) is -2.46. The molecule has 0 radical (unpaired) electrons. The van der Waals surface area contributed by atoms with Crippen LogP contribution >= 0.6 is 0 Å². The quantitative estimate of drug-likeness (QED) is 0.580. The van der Waals surface area contributed by atoms with E-state index in [1.807, 2.05) is 0 Å². The summed E-state index contributed by atoms with van der Waals surface area (Å²) in [6.07, 6.45) is -0.343. The van der Waals surface area contributed by atoms with Crippen LogP contribution in [-0.2, 0) is 16.0 Å². The smallest absolute Gasteiger partial charge is 0.343 e. The summed E-state index contributed by atoms with van der Waals surface area (Å²) in [6, 6.07) is 6.36. The van der Waals surface area contributed by atoms with Crippen molar-refractivity contribution in [3.05, 3.63) is 47.0 Å². The van der Waals surface area contributed by atoms with Gasteiger partial charge < -0.3 is 24.8 Å². The highest BCUT2D eigenvalue weighted by molar-refractivity contribution is 5.92. The Morgan fingerprint density at radius 2 is 1.75 bits per heavy atom. The van der Waals surface area contributed by atoms with E-state index in [0.29, 0.717) is 5.56 Å². The normalized spacial score (nSPS) is 10.2. The lowest BCUT2D eigenvalue weighted by molar-refractivity contribution is -0.139. The molecule has 0 aliphatic heterocycles. The molecule has 2 aromatic carbocycles. The summed E-state index contributed by atoms with van der Waals surface area (Å²) in [6.45, 7) is 1.67. The van der Waals surface area contributed by atoms with Crippen molar-refractivity contribution in [3.63, 3.8) is 0 Å². The van der Waals surface area contributed by atoms with Gasteiger partial charge in [-0.25, -0.2) is 4.79 Å². The van der Waals surface area contributed by atoms with Crippen molar-refractivity contribution < 1.29 is 34.4 Å². The molecule has 7 nitrogen and oxygen atoms in total. The molecule has 0 aromatic heterocycles. The van der Waals surface area contributed by atoms with Gasteiger partial charge in [-0.2, -0.15) is 0 Å². The van der Waals surface area contributed by atoms with Crippen molar-refractivity contribution in [3.8, 4) is 23.0 Å². The Labute approximate surface area is 137 Å². The Balaban J connectivity index is 2.35. The van der Waals surface area contributed by atoms with Crippen molar-refractivity contribution >= 4 is 11.9 Å². The Morgan fingerprint density at radius 3 is 2.38 bits per heavy atom. The predicted molar refractivity (Wildman–Crippen MR) is 83.3 cm³/mol. The SMILES string of the molecule is COC(=O)Cc1c(O)cc(O)cc1OC(=O)c1ccc(C)c(O)c1. The molecule has 0 amide bonds. The first-order valence-electron chi connectivity index (χ1n) is 6.95. The van der Waals surface area contributed by atoms with E-state index in [1.165, 1.54) is 19.2 Å². The molecule has 0 fully saturated rings. The molecule has 0 spiro atoms. The molecular weight excluding hydrogens is 316 g/mol. The van der Waals surface area contributed by atoms with Gasteiger partial charge in [0.25, 0.3) is 0 Å². The maximum Gasteiger partial charge on any atom is 0.343 e. The molecular formula is C17H16O7. The van der Waals surface area contributed by atoms with Crippen molar-refractivity contribution in [2.75, 3.05) is 7.11 Å². The predicted octanol–water partition coefficient (Wildman–Crippen LogP) is 2.05. The van der Waals surface area contributed by atoms with Gasteiger partial charge in [-0.15, -0.1) is 0 Å². The molecule has 0 bridgehead atoms. The van der Waals surface area contributed by atoms with Crippen LogP contribution in [0.4, 0.5) is 0 Å². The molecule has 0 saturated carbocycles. The summed E-state index contributed by atoms with van der Waals surface area (Å²) in [7, 11) is 1.18. The maximum absolute atomic E-state index is 12.2. The summed E-state index contributed by atoms with van der Waals surface area (Å²) in [4.78, 5) is 23.6. The van der Waals surface area contributed by atoms with Crippen LogP contribution in [0.15, 0.2) is 30.3 Å². The lowest BCUT2D eigenvalue weighted by Gasteiger charge is -2.12. The van der Waals surface area contributed by atoms with Gasteiger partial charge in [0.15, 0.2) is 0 Å². The zero-order chi connectivity index (χ0) is 17.9. The molecule has 0 aliphatic rings. The standard InChI is InChI=1S/C17H16O7/c1-9-3-4-10(5-13(9)19)17(22)24-15-7-11(18)6-14(20)12(15)8-16(21)23-2/h3-7,18-20H,8H2,1-2H3. The van der Waals surface area contributed by atoms with Crippen molar-refractivity contribution in [2.24, 2.45) is 0 Å². The van der Waals surface area contributed by atoms with Crippen LogP contribution in [0.25, 0.3) is 0 Å². The number of rotatable bonds is 4. The maximum atomic E-state index is 12.2. The second kappa shape index (κ2) is 6.91. The van der Waals surface area contributed by atoms with Crippen LogP contribution in [-0.4, -0.2) is 34.4 Å². The first-order chi connectivity index (χ1) is 11.3. The van der Waals surface area contributed by atoms with E-state index >= 15 is 0 Å². The number of aromatic hydroxyl groups is 3. The van der Waals surface area contributed by atoms with Crippen LogP contribution in [0.2, 0.25) is 0 Å². The van der Waals surface area contributed by atoms with Gasteiger partial charge in [0.2, 0.25) is 0 Å². The zero-order valence-electron chi connectivity index (χ0n) is 13.1. The highest BCUT2D eigenvalue weighted by atomic mass is 16.5. The minimum absolute atomic E-state index is 0.00401. The number of phenols is 3. The number of esters is 2. The molecule has 7 heteroatoms. The fourth-order valence-corrected chi connectivity index (χ4v) is 2.00. The third-order valence-corrected chi connectivity index (χ3v) is 3.37. The number of ether oxygens (including phenoxy) is 2. The number of hydrogen-bond donors (Lipinski definition) is 3. The highest BCUT2D eigenvalue weighted by Gasteiger charge is 2.19. The molecule has 0 heterocycles. The van der Waals surface area contributed by atoms with Crippen molar-refractivity contribution in [1.29, 1.82) is 0 Å². The number of carbonyl (C=O) groups is 2. The fraction of sp³-hybridized carbons (Fsp3) is 0.176. The molecule has 24 heavy (non-hydrogen) atoms. The highest BCUT2D eigenvalue weighted by Crippen LogP contribution is 2.34. The molecule has 0 saturated heterocycles. The number of hydrogen-bond acceptors (Lipinski definition) is 7. The van der Waals surface area contributed by atoms with Gasteiger partial charge >= 0.3 is 11.9 Å². The van der Waals surface area contributed by atoms with E-state index < -0.39 is 17.7 Å². The van der Waals surface area contributed by atoms with E-state index in [1.54, 1.807) is 13.0 Å². The van der Waals surface area contributed by atoms with Crippen LogP contribution in [0, 0.1) is 6.92 Å². The van der Waals surface area contributed by atoms with Gasteiger partial charge in [0.05, 0.1) is 19.1 Å². The number of phenolic OH excluding ortho intramolecular Hbond substituents is 3. The Hall–Kier alpha value is -3.22. The first kappa shape index (κ1) is 17.1. The Kier molecular flexibility index (Phi) is 4.93. The van der Waals surface area contributed by atoms with Crippen molar-refractivity contribution in [1.82, 2.24) is 0 Å². The van der Waals surface area contributed by atoms with Crippen LogP contribution in [0.5, 0.6) is 23.0 Å². The number of aryl methyl sites for hydroxylation is 1. The average molecular weight is 332 g/mol. The lowest BCUT2D eigenvalue weighted by Crippen LogP contribution is -2.12. The van der Waals surface area contributed by atoms with E-state index in [0.717, 1.165) is 12.1 Å². The minimum Gasteiger partial charge on any atom is -0.508 e. The number of benzene rings is 2. The van der Waals surface area contributed by atoms with Gasteiger partial charge in [0, 0.05) is 17.7 Å². The van der Waals surface area contributed by atoms with E-state index in [9.17, 15) is 24.9 Å². The van der Waals surface area contributed by atoms with Gasteiger partial charge in [-0.3, -0.25) is 4.79 Å². The third kappa shape index (κ3) is 3.75. The second-order valence-corrected chi connectivity index (χ2v) is 5.09. The van der Waals surface area contributed by atoms with E-state index in [-0.39, 0.29) is 34.8 Å². The Bertz CT molecular complexity index is 796. The van der Waals surface area contributed by atoms with E-state index in [4.69, 9.17) is 4.74 Å². The molecule has 0 unspecified atom stereocenters. The summed E-state index contributed by atoms with van der Waals surface area (Å²) in [5.41, 5.74) is 0.669. The number of carbonyl (C=O) groups excluding carboxylic acids is 2. The topological polar surface area (TPSA) is 113 Å². The zero-order valence-corrected chi connectivity index (χ0v) is 13.1. The van der Waals surface area contributed by atoms with E-state index in [2.05, 4.69) is 4.74 Å². The third-order valence-electron chi connectivity index (χ3n) is 3.37. The fourth-order valence-electron chi connectivity index (χ4n) is 2.00. The van der Waals surface area contributed by atoms with Crippen LogP contribution in [0.3, 0.4) is 0 Å². The molecule has 2 rings (SSSR count).